The Bertz CT molecular complexity index is 612. The molecular formula is C11H10N4O3S. The van der Waals surface area contributed by atoms with Gasteiger partial charge in [-0.3, -0.25) is 19.9 Å². The molecule has 0 fully saturated rings. The number of carbonyl (C=O) groups excluding carboxylic acids is 1. The largest absolute Gasteiger partial charge is 0.399 e. The van der Waals surface area contributed by atoms with Crippen LogP contribution >= 0.6 is 11.3 Å². The van der Waals surface area contributed by atoms with E-state index < -0.39 is 10.8 Å². The van der Waals surface area contributed by atoms with Crippen LogP contribution in [0.4, 0.5) is 11.4 Å². The second kappa shape index (κ2) is 5.44. The van der Waals surface area contributed by atoms with Crippen LogP contribution in [0.1, 0.15) is 15.2 Å². The van der Waals surface area contributed by atoms with Gasteiger partial charge in [-0.1, -0.05) is 0 Å². The van der Waals surface area contributed by atoms with Gasteiger partial charge < -0.3 is 11.1 Å². The van der Waals surface area contributed by atoms with E-state index in [-0.39, 0.29) is 17.8 Å². The molecule has 0 radical (unpaired) electrons. The van der Waals surface area contributed by atoms with Gasteiger partial charge in [0.05, 0.1) is 17.0 Å². The minimum absolute atomic E-state index is 0.0467. The summed E-state index contributed by atoms with van der Waals surface area (Å²) < 4.78 is 0. The predicted molar refractivity (Wildman–Crippen MR) is 70.8 cm³/mol. The number of nitrogens with two attached hydrogens (primary N) is 1. The zero-order valence-corrected chi connectivity index (χ0v) is 10.5. The molecule has 0 unspecified atom stereocenters. The number of amides is 1. The van der Waals surface area contributed by atoms with Gasteiger partial charge in [-0.15, -0.1) is 11.3 Å². The molecule has 7 nitrogen and oxygen atoms in total. The van der Waals surface area contributed by atoms with Crippen LogP contribution in [0.5, 0.6) is 0 Å². The van der Waals surface area contributed by atoms with E-state index in [0.717, 1.165) is 4.88 Å². The first-order valence-electron chi connectivity index (χ1n) is 5.27. The minimum atomic E-state index is -0.610. The fourth-order valence-corrected chi connectivity index (χ4v) is 2.02. The second-order valence-electron chi connectivity index (χ2n) is 3.68. The van der Waals surface area contributed by atoms with E-state index in [1.165, 1.54) is 29.5 Å². The molecule has 1 aromatic heterocycles. The first-order valence-corrected chi connectivity index (χ1v) is 6.15. The number of aromatic nitrogens is 1. The highest BCUT2D eigenvalue weighted by Gasteiger charge is 2.20. The Morgan fingerprint density at radius 3 is 2.95 bits per heavy atom. The van der Waals surface area contributed by atoms with Crippen LogP contribution in [0.15, 0.2) is 29.9 Å². The lowest BCUT2D eigenvalue weighted by molar-refractivity contribution is -0.385. The SMILES string of the molecule is Nc1ccc([N+](=O)[O-])c(C(=O)NCc2cncs2)c1. The number of hydrogen-bond acceptors (Lipinski definition) is 6. The van der Waals surface area contributed by atoms with Gasteiger partial charge in [0.2, 0.25) is 0 Å². The Labute approximate surface area is 112 Å². The molecule has 0 bridgehead atoms. The normalized spacial score (nSPS) is 10.1. The summed E-state index contributed by atoms with van der Waals surface area (Å²) in [6.45, 7) is 0.273. The molecule has 0 atom stereocenters. The zero-order chi connectivity index (χ0) is 13.8. The van der Waals surface area contributed by atoms with Crippen molar-refractivity contribution < 1.29 is 9.72 Å². The van der Waals surface area contributed by atoms with E-state index in [1.807, 2.05) is 0 Å². The summed E-state index contributed by atoms with van der Waals surface area (Å²) in [5.74, 6) is -0.535. The number of thiazole rings is 1. The molecule has 2 rings (SSSR count). The van der Waals surface area contributed by atoms with E-state index in [1.54, 1.807) is 11.7 Å². The molecule has 98 valence electrons. The number of anilines is 1. The van der Waals surface area contributed by atoms with E-state index in [9.17, 15) is 14.9 Å². The van der Waals surface area contributed by atoms with Crippen LogP contribution in [0.3, 0.4) is 0 Å². The van der Waals surface area contributed by atoms with Crippen LogP contribution in [0, 0.1) is 10.1 Å². The molecule has 0 saturated carbocycles. The number of rotatable bonds is 4. The summed E-state index contributed by atoms with van der Waals surface area (Å²) in [7, 11) is 0. The Kier molecular flexibility index (Phi) is 3.71. The number of nitrogens with one attached hydrogen (secondary N) is 1. The summed E-state index contributed by atoms with van der Waals surface area (Å²) in [4.78, 5) is 26.9. The van der Waals surface area contributed by atoms with Gasteiger partial charge >= 0.3 is 0 Å². The number of nitrogen functional groups attached to an aromatic ring is 1. The van der Waals surface area contributed by atoms with Crippen LogP contribution in [0.2, 0.25) is 0 Å². The zero-order valence-electron chi connectivity index (χ0n) is 9.70. The highest BCUT2D eigenvalue weighted by Crippen LogP contribution is 2.21. The predicted octanol–water partition coefficient (Wildman–Crippen LogP) is 1.56. The lowest BCUT2D eigenvalue weighted by atomic mass is 10.1. The third kappa shape index (κ3) is 3.05. The van der Waals surface area contributed by atoms with Gasteiger partial charge in [0.15, 0.2) is 0 Å². The van der Waals surface area contributed by atoms with Crippen molar-refractivity contribution in [3.05, 3.63) is 50.5 Å². The molecule has 0 spiro atoms. The Morgan fingerprint density at radius 2 is 2.32 bits per heavy atom. The second-order valence-corrected chi connectivity index (χ2v) is 4.66. The highest BCUT2D eigenvalue weighted by molar-refractivity contribution is 7.09. The molecule has 0 aliphatic carbocycles. The molecule has 19 heavy (non-hydrogen) atoms. The summed E-state index contributed by atoms with van der Waals surface area (Å²) in [5, 5.41) is 13.4. The maximum absolute atomic E-state index is 11.9. The molecule has 1 amide bonds. The number of nitro benzene ring substituents is 1. The summed E-state index contributed by atoms with van der Waals surface area (Å²) in [5.41, 5.74) is 7.17. The summed E-state index contributed by atoms with van der Waals surface area (Å²) >= 11 is 1.39. The standard InChI is InChI=1S/C11H10N4O3S/c12-7-1-2-10(15(17)18)9(3-7)11(16)14-5-8-4-13-6-19-8/h1-4,6H,5,12H2,(H,14,16). The van der Waals surface area contributed by atoms with Crippen LogP contribution in [-0.2, 0) is 6.54 Å². The van der Waals surface area contributed by atoms with Crippen LogP contribution in [0.25, 0.3) is 0 Å². The molecule has 8 heteroatoms. The maximum Gasteiger partial charge on any atom is 0.282 e. The van der Waals surface area contributed by atoms with Gasteiger partial charge in [0, 0.05) is 22.8 Å². The molecule has 0 aliphatic rings. The molecule has 2 aromatic rings. The highest BCUT2D eigenvalue weighted by atomic mass is 32.1. The number of benzene rings is 1. The lowest BCUT2D eigenvalue weighted by Gasteiger charge is -2.05. The average molecular weight is 278 g/mol. The van der Waals surface area contributed by atoms with Crippen molar-refractivity contribution in [3.63, 3.8) is 0 Å². The number of carbonyl (C=O) groups is 1. The van der Waals surface area contributed by atoms with Crippen molar-refractivity contribution in [1.82, 2.24) is 10.3 Å². The Hall–Kier alpha value is -2.48. The number of nitro groups is 1. The molecule has 0 aliphatic heterocycles. The van der Waals surface area contributed by atoms with Gasteiger partial charge in [0.25, 0.3) is 11.6 Å². The molecular weight excluding hydrogens is 268 g/mol. The number of nitrogens with zero attached hydrogens (tertiary/aromatic N) is 2. The van der Waals surface area contributed by atoms with Crippen molar-refractivity contribution in [2.45, 2.75) is 6.54 Å². The Morgan fingerprint density at radius 1 is 1.53 bits per heavy atom. The van der Waals surface area contributed by atoms with Gasteiger partial charge in [-0.05, 0) is 12.1 Å². The molecule has 3 N–H and O–H groups in total. The van der Waals surface area contributed by atoms with Gasteiger partial charge in [0.1, 0.15) is 5.56 Å². The topological polar surface area (TPSA) is 111 Å². The first kappa shape index (κ1) is 13.0. The van der Waals surface area contributed by atoms with Crippen molar-refractivity contribution in [3.8, 4) is 0 Å². The molecule has 1 heterocycles. The van der Waals surface area contributed by atoms with E-state index >= 15 is 0 Å². The van der Waals surface area contributed by atoms with E-state index in [2.05, 4.69) is 10.3 Å². The van der Waals surface area contributed by atoms with Crippen LogP contribution < -0.4 is 11.1 Å². The average Bonchev–Trinajstić information content (AvgIpc) is 2.88. The molecule has 0 saturated heterocycles. The molecule has 1 aromatic carbocycles. The fourth-order valence-electron chi connectivity index (χ4n) is 1.49. The third-order valence-electron chi connectivity index (χ3n) is 2.37. The maximum atomic E-state index is 11.9. The Balaban J connectivity index is 2.18. The quantitative estimate of drug-likeness (QED) is 0.501. The smallest absolute Gasteiger partial charge is 0.282 e. The summed E-state index contributed by atoms with van der Waals surface area (Å²) in [6, 6.07) is 3.90. The van der Waals surface area contributed by atoms with E-state index in [4.69, 9.17) is 5.73 Å². The van der Waals surface area contributed by atoms with Crippen LogP contribution in [-0.4, -0.2) is 15.8 Å². The fraction of sp³-hybridized carbons (Fsp3) is 0.0909. The van der Waals surface area contributed by atoms with Crippen molar-refractivity contribution in [2.75, 3.05) is 5.73 Å². The van der Waals surface area contributed by atoms with E-state index in [0.29, 0.717) is 5.69 Å². The monoisotopic (exact) mass is 278 g/mol. The van der Waals surface area contributed by atoms with Gasteiger partial charge in [-0.25, -0.2) is 0 Å². The number of hydrogen-bond donors (Lipinski definition) is 2. The minimum Gasteiger partial charge on any atom is -0.399 e. The lowest BCUT2D eigenvalue weighted by Crippen LogP contribution is -2.23. The summed E-state index contributed by atoms with van der Waals surface area (Å²) in [6.07, 6.45) is 1.62. The van der Waals surface area contributed by atoms with Crippen molar-refractivity contribution in [2.24, 2.45) is 0 Å². The van der Waals surface area contributed by atoms with Crippen molar-refractivity contribution >= 4 is 28.6 Å². The first-order chi connectivity index (χ1) is 9.08. The van der Waals surface area contributed by atoms with Gasteiger partial charge in [-0.2, -0.15) is 0 Å². The third-order valence-corrected chi connectivity index (χ3v) is 3.15. The van der Waals surface area contributed by atoms with Crippen molar-refractivity contribution in [1.29, 1.82) is 0 Å².